The third-order valence-electron chi connectivity index (χ3n) is 2.67. The van der Waals surface area contributed by atoms with Crippen molar-refractivity contribution in [2.24, 2.45) is 0 Å². The molecule has 2 rings (SSSR count). The number of fused-ring (bicyclic) bond motifs is 1. The molecule has 1 heterocycles. The maximum Gasteiger partial charge on any atom is 0.352 e. The first kappa shape index (κ1) is 11.2. The fraction of sp³-hybridized carbons (Fsp3) is 0.167. The second kappa shape index (κ2) is 3.93. The Hall–Kier alpha value is -2.30. The average Bonchev–Trinajstić information content (AvgIpc) is 2.30. The van der Waals surface area contributed by atoms with Gasteiger partial charge in [0, 0.05) is 17.0 Å². The van der Waals surface area contributed by atoms with E-state index in [2.05, 4.69) is 4.98 Å². The van der Waals surface area contributed by atoms with Crippen molar-refractivity contribution in [3.05, 3.63) is 39.7 Å². The second-order valence-corrected chi connectivity index (χ2v) is 3.67. The van der Waals surface area contributed by atoms with Crippen LogP contribution in [-0.2, 0) is 0 Å². The van der Waals surface area contributed by atoms with Crippen molar-refractivity contribution >= 4 is 16.9 Å². The Kier molecular flexibility index (Phi) is 2.59. The topological polar surface area (TPSA) is 79.4 Å². The predicted molar refractivity (Wildman–Crippen MR) is 62.8 cm³/mol. The van der Waals surface area contributed by atoms with Crippen molar-refractivity contribution in [3.63, 3.8) is 0 Å². The van der Waals surface area contributed by atoms with E-state index < -0.39 is 5.97 Å². The summed E-state index contributed by atoms with van der Waals surface area (Å²) in [5.41, 5.74) is 0.764. The van der Waals surface area contributed by atoms with Gasteiger partial charge in [0.1, 0.15) is 11.4 Å². The third kappa shape index (κ3) is 1.75. The van der Waals surface area contributed by atoms with E-state index in [1.807, 2.05) is 0 Å². The van der Waals surface area contributed by atoms with E-state index in [4.69, 9.17) is 9.84 Å². The number of ether oxygens (including phenoxy) is 1. The number of carbonyl (C=O) groups is 1. The lowest BCUT2D eigenvalue weighted by molar-refractivity contribution is 0.0691. The molecule has 0 fully saturated rings. The first-order valence-corrected chi connectivity index (χ1v) is 4.98. The second-order valence-electron chi connectivity index (χ2n) is 3.67. The Morgan fingerprint density at radius 2 is 2.12 bits per heavy atom. The molecule has 17 heavy (non-hydrogen) atoms. The number of aromatic nitrogens is 1. The van der Waals surface area contributed by atoms with Crippen LogP contribution in [0.25, 0.3) is 10.9 Å². The summed E-state index contributed by atoms with van der Waals surface area (Å²) in [5, 5.41) is 9.34. The molecule has 88 valence electrons. The number of aromatic carboxylic acids is 1. The van der Waals surface area contributed by atoms with Crippen LogP contribution in [0.4, 0.5) is 0 Å². The molecule has 0 aliphatic heterocycles. The molecule has 0 atom stereocenters. The summed E-state index contributed by atoms with van der Waals surface area (Å²) in [6.45, 7) is 1.77. The Bertz CT molecular complexity index is 657. The first-order chi connectivity index (χ1) is 8.04. The van der Waals surface area contributed by atoms with Gasteiger partial charge < -0.3 is 14.8 Å². The summed E-state index contributed by atoms with van der Waals surface area (Å²) in [6, 6.07) is 4.38. The first-order valence-electron chi connectivity index (χ1n) is 4.98. The summed E-state index contributed by atoms with van der Waals surface area (Å²) >= 11 is 0. The molecule has 2 N–H and O–H groups in total. The van der Waals surface area contributed by atoms with Gasteiger partial charge in [-0.25, -0.2) is 4.79 Å². The lowest BCUT2D eigenvalue weighted by Crippen LogP contribution is -2.10. The number of aromatic amines is 1. The third-order valence-corrected chi connectivity index (χ3v) is 2.67. The highest BCUT2D eigenvalue weighted by molar-refractivity contribution is 5.91. The van der Waals surface area contributed by atoms with E-state index in [9.17, 15) is 9.59 Å². The van der Waals surface area contributed by atoms with Gasteiger partial charge in [-0.05, 0) is 19.1 Å². The summed E-state index contributed by atoms with van der Waals surface area (Å²) in [4.78, 5) is 25.3. The van der Waals surface area contributed by atoms with Crippen LogP contribution >= 0.6 is 0 Å². The largest absolute Gasteiger partial charge is 0.496 e. The Labute approximate surface area is 96.7 Å². The standard InChI is InChI=1S/C12H11NO4/c1-6-10(17-2)4-3-7-9(14)5-8(12(15)16)13-11(6)7/h3-5H,1-2H3,(H,13,14)(H,15,16). The lowest BCUT2D eigenvalue weighted by atomic mass is 10.1. The van der Waals surface area contributed by atoms with Crippen molar-refractivity contribution in [1.29, 1.82) is 0 Å². The van der Waals surface area contributed by atoms with Gasteiger partial charge in [-0.15, -0.1) is 0 Å². The van der Waals surface area contributed by atoms with Crippen LogP contribution in [0.3, 0.4) is 0 Å². The minimum Gasteiger partial charge on any atom is -0.496 e. The van der Waals surface area contributed by atoms with Gasteiger partial charge in [0.15, 0.2) is 5.43 Å². The molecule has 0 aliphatic carbocycles. The number of benzene rings is 1. The molecule has 2 aromatic rings. The molecular formula is C12H11NO4. The minimum absolute atomic E-state index is 0.126. The summed E-state index contributed by atoms with van der Waals surface area (Å²) in [5.74, 6) is -0.554. The SMILES string of the molecule is COc1ccc2c(=O)cc(C(=O)O)[nH]c2c1C. The van der Waals surface area contributed by atoms with Crippen molar-refractivity contribution < 1.29 is 14.6 Å². The van der Waals surface area contributed by atoms with Gasteiger partial charge in [0.25, 0.3) is 0 Å². The number of H-pyrrole nitrogens is 1. The predicted octanol–water partition coefficient (Wildman–Crippen LogP) is 1.54. The van der Waals surface area contributed by atoms with Gasteiger partial charge in [0.2, 0.25) is 0 Å². The van der Waals surface area contributed by atoms with Crippen LogP contribution in [0.2, 0.25) is 0 Å². The van der Waals surface area contributed by atoms with Crippen molar-refractivity contribution in [2.45, 2.75) is 6.92 Å². The van der Waals surface area contributed by atoms with Gasteiger partial charge in [-0.1, -0.05) is 0 Å². The average molecular weight is 233 g/mol. The van der Waals surface area contributed by atoms with E-state index >= 15 is 0 Å². The number of aryl methyl sites for hydroxylation is 1. The number of hydrogen-bond donors (Lipinski definition) is 2. The Morgan fingerprint density at radius 3 is 2.71 bits per heavy atom. The number of nitrogens with one attached hydrogen (secondary N) is 1. The van der Waals surface area contributed by atoms with Gasteiger partial charge in [-0.3, -0.25) is 4.79 Å². The molecule has 0 spiro atoms. The molecule has 0 bridgehead atoms. The van der Waals surface area contributed by atoms with Crippen LogP contribution in [0, 0.1) is 6.92 Å². The van der Waals surface area contributed by atoms with E-state index in [1.165, 1.54) is 7.11 Å². The van der Waals surface area contributed by atoms with Gasteiger partial charge >= 0.3 is 5.97 Å². The summed E-state index contributed by atoms with van der Waals surface area (Å²) < 4.78 is 5.12. The van der Waals surface area contributed by atoms with Gasteiger partial charge in [-0.2, -0.15) is 0 Å². The van der Waals surface area contributed by atoms with Crippen molar-refractivity contribution in [3.8, 4) is 5.75 Å². The van der Waals surface area contributed by atoms with E-state index in [0.717, 1.165) is 6.07 Å². The quantitative estimate of drug-likeness (QED) is 0.824. The highest BCUT2D eigenvalue weighted by Crippen LogP contribution is 2.23. The molecule has 1 aromatic carbocycles. The fourth-order valence-electron chi connectivity index (χ4n) is 1.77. The van der Waals surface area contributed by atoms with E-state index in [1.54, 1.807) is 19.1 Å². The van der Waals surface area contributed by atoms with Crippen molar-refractivity contribution in [1.82, 2.24) is 4.98 Å². The zero-order valence-electron chi connectivity index (χ0n) is 9.40. The van der Waals surface area contributed by atoms with Crippen LogP contribution in [0.5, 0.6) is 5.75 Å². The monoisotopic (exact) mass is 233 g/mol. The Morgan fingerprint density at radius 1 is 1.41 bits per heavy atom. The number of rotatable bonds is 2. The maximum absolute atomic E-state index is 11.7. The number of carboxylic acid groups (broad SMARTS) is 1. The number of hydrogen-bond acceptors (Lipinski definition) is 3. The van der Waals surface area contributed by atoms with Crippen LogP contribution in [0.1, 0.15) is 16.1 Å². The number of methoxy groups -OCH3 is 1. The molecule has 0 unspecified atom stereocenters. The smallest absolute Gasteiger partial charge is 0.352 e. The summed E-state index contributed by atoms with van der Waals surface area (Å²) in [7, 11) is 1.52. The Balaban J connectivity index is 2.89. The molecular weight excluding hydrogens is 222 g/mol. The summed E-state index contributed by atoms with van der Waals surface area (Å²) in [6.07, 6.45) is 0. The molecule has 1 aromatic heterocycles. The number of pyridine rings is 1. The lowest BCUT2D eigenvalue weighted by Gasteiger charge is -2.08. The molecule has 0 radical (unpaired) electrons. The van der Waals surface area contributed by atoms with E-state index in [-0.39, 0.29) is 11.1 Å². The van der Waals surface area contributed by atoms with E-state index in [0.29, 0.717) is 22.2 Å². The zero-order chi connectivity index (χ0) is 12.6. The molecule has 0 saturated heterocycles. The normalized spacial score (nSPS) is 10.5. The minimum atomic E-state index is -1.16. The zero-order valence-corrected chi connectivity index (χ0v) is 9.40. The fourth-order valence-corrected chi connectivity index (χ4v) is 1.77. The van der Waals surface area contributed by atoms with Crippen LogP contribution in [0.15, 0.2) is 23.0 Å². The van der Waals surface area contributed by atoms with Gasteiger partial charge in [0.05, 0.1) is 12.6 Å². The van der Waals surface area contributed by atoms with Crippen LogP contribution in [-0.4, -0.2) is 23.2 Å². The number of carboxylic acids is 1. The molecule has 0 aliphatic rings. The maximum atomic E-state index is 11.7. The molecule has 0 amide bonds. The highest BCUT2D eigenvalue weighted by Gasteiger charge is 2.11. The molecule has 5 heteroatoms. The molecule has 5 nitrogen and oxygen atoms in total. The highest BCUT2D eigenvalue weighted by atomic mass is 16.5. The molecule has 0 saturated carbocycles. The van der Waals surface area contributed by atoms with Crippen LogP contribution < -0.4 is 10.2 Å². The van der Waals surface area contributed by atoms with Crippen molar-refractivity contribution in [2.75, 3.05) is 7.11 Å².